The van der Waals surface area contributed by atoms with E-state index in [4.69, 9.17) is 4.74 Å². The summed E-state index contributed by atoms with van der Waals surface area (Å²) in [4.78, 5) is 15.8. The fraction of sp³-hybridized carbons (Fsp3) is 0.158. The van der Waals surface area contributed by atoms with Gasteiger partial charge in [0, 0.05) is 17.9 Å². The molecule has 1 aromatic heterocycles. The normalized spacial score (nSPS) is 15.5. The molecule has 0 unspecified atom stereocenters. The number of carbonyl (C=O) groups is 1. The fourth-order valence-electron chi connectivity index (χ4n) is 3.00. The lowest BCUT2D eigenvalue weighted by Gasteiger charge is -2.16. The second kappa shape index (κ2) is 7.21. The van der Waals surface area contributed by atoms with Gasteiger partial charge in [0.2, 0.25) is 5.88 Å². The molecule has 1 aliphatic heterocycles. The van der Waals surface area contributed by atoms with Gasteiger partial charge in [0.25, 0.3) is 5.91 Å². The van der Waals surface area contributed by atoms with Crippen LogP contribution in [-0.2, 0) is 21.4 Å². The predicted molar refractivity (Wildman–Crippen MR) is 103 cm³/mol. The van der Waals surface area contributed by atoms with E-state index >= 15 is 0 Å². The van der Waals surface area contributed by atoms with Crippen LogP contribution in [0.15, 0.2) is 48.5 Å². The van der Waals surface area contributed by atoms with Crippen LogP contribution in [0.1, 0.15) is 5.56 Å². The molecule has 1 aliphatic rings. The van der Waals surface area contributed by atoms with Crippen LogP contribution < -0.4 is 13.8 Å². The number of nitrogens with one attached hydrogen (secondary N) is 1. The molecule has 0 atom stereocenters. The first-order valence-corrected chi connectivity index (χ1v) is 10.1. The highest BCUT2D eigenvalue weighted by atomic mass is 32.2. The molecule has 8 nitrogen and oxygen atoms in total. The molecular weight excluding hydrogens is 401 g/mol. The van der Waals surface area contributed by atoms with Gasteiger partial charge in [-0.25, -0.2) is 18.4 Å². The molecule has 4 rings (SSSR count). The molecule has 2 aromatic carbocycles. The van der Waals surface area contributed by atoms with Gasteiger partial charge in [-0.05, 0) is 35.9 Å². The van der Waals surface area contributed by atoms with Gasteiger partial charge in [0.05, 0.1) is 17.8 Å². The van der Waals surface area contributed by atoms with Gasteiger partial charge in [-0.2, -0.15) is 8.42 Å². The van der Waals surface area contributed by atoms with Gasteiger partial charge in [-0.15, -0.1) is 0 Å². The standard InChI is InChI=1S/C19H16FN3O5S/c20-14-4-1-12(2-5-14)7-8-28-19-6-3-13-9-17(24)16(10-15(13)21-19)23-11-18(25)22-29(23,26)27/h1-6,9-10,24H,7-8,11H2,(H,22,25). The summed E-state index contributed by atoms with van der Waals surface area (Å²) in [5.41, 5.74) is 1.26. The Morgan fingerprint density at radius 2 is 1.93 bits per heavy atom. The number of phenolic OH excluding ortho intramolecular Hbond substituents is 1. The van der Waals surface area contributed by atoms with Gasteiger partial charge < -0.3 is 9.84 Å². The average Bonchev–Trinajstić information content (AvgIpc) is 2.95. The monoisotopic (exact) mass is 417 g/mol. The number of phenols is 1. The van der Waals surface area contributed by atoms with Crippen molar-refractivity contribution in [2.75, 3.05) is 17.5 Å². The minimum absolute atomic E-state index is 0.0492. The maximum Gasteiger partial charge on any atom is 0.326 e. The first-order valence-electron chi connectivity index (χ1n) is 8.66. The Bertz CT molecular complexity index is 1200. The first-order chi connectivity index (χ1) is 13.8. The zero-order valence-corrected chi connectivity index (χ0v) is 15.8. The summed E-state index contributed by atoms with van der Waals surface area (Å²) in [5.74, 6) is -0.962. The zero-order chi connectivity index (χ0) is 20.6. The molecule has 0 spiro atoms. The van der Waals surface area contributed by atoms with Crippen LogP contribution in [0.25, 0.3) is 10.9 Å². The summed E-state index contributed by atoms with van der Waals surface area (Å²) in [5, 5.41) is 10.8. The Balaban J connectivity index is 1.56. The van der Waals surface area contributed by atoms with E-state index in [1.807, 2.05) is 4.72 Å². The number of anilines is 1. The maximum absolute atomic E-state index is 12.9. The van der Waals surface area contributed by atoms with E-state index in [0.717, 1.165) is 9.87 Å². The largest absolute Gasteiger partial charge is 0.506 e. The van der Waals surface area contributed by atoms with Crippen molar-refractivity contribution >= 4 is 32.7 Å². The molecule has 1 fully saturated rings. The number of aromatic nitrogens is 1. The van der Waals surface area contributed by atoms with Crippen molar-refractivity contribution in [1.29, 1.82) is 0 Å². The van der Waals surface area contributed by atoms with Gasteiger partial charge in [-0.3, -0.25) is 4.79 Å². The van der Waals surface area contributed by atoms with Crippen molar-refractivity contribution in [3.05, 3.63) is 59.9 Å². The molecule has 1 saturated heterocycles. The molecule has 29 heavy (non-hydrogen) atoms. The van der Waals surface area contributed by atoms with Crippen LogP contribution >= 0.6 is 0 Å². The van der Waals surface area contributed by atoms with E-state index < -0.39 is 22.7 Å². The highest BCUT2D eigenvalue weighted by Crippen LogP contribution is 2.34. The second-order valence-electron chi connectivity index (χ2n) is 6.44. The van der Waals surface area contributed by atoms with Crippen LogP contribution in [-0.4, -0.2) is 37.6 Å². The smallest absolute Gasteiger partial charge is 0.326 e. The highest BCUT2D eigenvalue weighted by molar-refractivity contribution is 7.92. The summed E-state index contributed by atoms with van der Waals surface area (Å²) < 4.78 is 45.3. The molecule has 0 bridgehead atoms. The van der Waals surface area contributed by atoms with Crippen molar-refractivity contribution in [2.24, 2.45) is 0 Å². The van der Waals surface area contributed by atoms with E-state index in [-0.39, 0.29) is 17.3 Å². The van der Waals surface area contributed by atoms with Gasteiger partial charge in [0.15, 0.2) is 0 Å². The summed E-state index contributed by atoms with van der Waals surface area (Å²) in [7, 11) is -4.05. The van der Waals surface area contributed by atoms with Crippen LogP contribution in [0.3, 0.4) is 0 Å². The van der Waals surface area contributed by atoms with E-state index in [0.29, 0.717) is 29.8 Å². The van der Waals surface area contributed by atoms with Crippen LogP contribution in [0.2, 0.25) is 0 Å². The number of fused-ring (bicyclic) bond motifs is 1. The number of nitrogens with zero attached hydrogens (tertiary/aromatic N) is 2. The van der Waals surface area contributed by atoms with Crippen molar-refractivity contribution in [3.63, 3.8) is 0 Å². The van der Waals surface area contributed by atoms with E-state index in [2.05, 4.69) is 4.98 Å². The molecular formula is C19H16FN3O5S. The lowest BCUT2D eigenvalue weighted by Crippen LogP contribution is -2.29. The van der Waals surface area contributed by atoms with Gasteiger partial charge in [0.1, 0.15) is 18.1 Å². The molecule has 1 amide bonds. The summed E-state index contributed by atoms with van der Waals surface area (Å²) in [6, 6.07) is 12.2. The molecule has 3 aromatic rings. The number of amides is 1. The summed E-state index contributed by atoms with van der Waals surface area (Å²) in [6.45, 7) is -0.108. The number of aromatic hydroxyl groups is 1. The van der Waals surface area contributed by atoms with Crippen molar-refractivity contribution in [2.45, 2.75) is 6.42 Å². The number of halogens is 1. The van der Waals surface area contributed by atoms with Crippen molar-refractivity contribution in [1.82, 2.24) is 9.71 Å². The van der Waals surface area contributed by atoms with Gasteiger partial charge in [-0.1, -0.05) is 12.1 Å². The Labute approximate surface area is 165 Å². The predicted octanol–water partition coefficient (Wildman–Crippen LogP) is 1.88. The van der Waals surface area contributed by atoms with Crippen LogP contribution in [0.5, 0.6) is 11.6 Å². The highest BCUT2D eigenvalue weighted by Gasteiger charge is 2.35. The molecule has 10 heteroatoms. The number of ether oxygens (including phenoxy) is 1. The Morgan fingerprint density at radius 1 is 1.17 bits per heavy atom. The third-order valence-electron chi connectivity index (χ3n) is 4.40. The van der Waals surface area contributed by atoms with Crippen molar-refractivity contribution in [3.8, 4) is 11.6 Å². The number of pyridine rings is 1. The molecule has 0 saturated carbocycles. The topological polar surface area (TPSA) is 109 Å². The fourth-order valence-corrected chi connectivity index (χ4v) is 4.15. The first kappa shape index (κ1) is 18.9. The average molecular weight is 417 g/mol. The van der Waals surface area contributed by atoms with E-state index in [1.165, 1.54) is 24.3 Å². The van der Waals surface area contributed by atoms with E-state index in [1.54, 1.807) is 24.3 Å². The SMILES string of the molecule is O=C1CN(c2cc3nc(OCCc4ccc(F)cc4)ccc3cc2O)S(=O)(=O)N1. The quantitative estimate of drug-likeness (QED) is 0.656. The van der Waals surface area contributed by atoms with E-state index in [9.17, 15) is 22.7 Å². The number of hydrogen-bond acceptors (Lipinski definition) is 6. The minimum Gasteiger partial charge on any atom is -0.506 e. The van der Waals surface area contributed by atoms with Crippen LogP contribution in [0.4, 0.5) is 10.1 Å². The lowest BCUT2D eigenvalue weighted by molar-refractivity contribution is -0.117. The third kappa shape index (κ3) is 3.92. The van der Waals surface area contributed by atoms with Crippen LogP contribution in [0, 0.1) is 5.82 Å². The number of benzene rings is 2. The second-order valence-corrected chi connectivity index (χ2v) is 8.04. The molecule has 0 radical (unpaired) electrons. The Hall–Kier alpha value is -3.40. The lowest BCUT2D eigenvalue weighted by atomic mass is 10.1. The zero-order valence-electron chi connectivity index (χ0n) is 15.0. The summed E-state index contributed by atoms with van der Waals surface area (Å²) >= 11 is 0. The Morgan fingerprint density at radius 3 is 2.62 bits per heavy atom. The van der Waals surface area contributed by atoms with Gasteiger partial charge >= 0.3 is 10.2 Å². The summed E-state index contributed by atoms with van der Waals surface area (Å²) in [6.07, 6.45) is 0.556. The molecule has 0 aliphatic carbocycles. The third-order valence-corrected chi connectivity index (χ3v) is 5.79. The molecule has 2 heterocycles. The maximum atomic E-state index is 12.9. The molecule has 150 valence electrons. The minimum atomic E-state index is -4.05. The number of hydrogen-bond donors (Lipinski definition) is 2. The molecule has 2 N–H and O–H groups in total. The number of carbonyl (C=O) groups excluding carboxylic acids is 1. The van der Waals surface area contributed by atoms with Crippen molar-refractivity contribution < 1.29 is 27.4 Å². The number of rotatable bonds is 5. The Kier molecular flexibility index (Phi) is 4.71.